The fourth-order valence-electron chi connectivity index (χ4n) is 3.03. The molecule has 0 aromatic heterocycles. The average Bonchev–Trinajstić information content (AvgIpc) is 3.09. The van der Waals surface area contributed by atoms with E-state index in [9.17, 15) is 9.18 Å². The topological polar surface area (TPSA) is 47.9 Å². The quantitative estimate of drug-likeness (QED) is 0.188. The molecule has 1 aliphatic rings. The van der Waals surface area contributed by atoms with Gasteiger partial charge >= 0.3 is 5.97 Å². The van der Waals surface area contributed by atoms with E-state index in [1.165, 1.54) is 17.7 Å². The minimum absolute atomic E-state index is 0.0957. The van der Waals surface area contributed by atoms with Crippen molar-refractivity contribution in [3.8, 4) is 5.75 Å². The van der Waals surface area contributed by atoms with Gasteiger partial charge in [0, 0.05) is 5.56 Å². The van der Waals surface area contributed by atoms with Crippen LogP contribution in [0.3, 0.4) is 0 Å². The van der Waals surface area contributed by atoms with E-state index in [2.05, 4.69) is 63.2 Å². The SMILES string of the molecule is Cc1ccccc1COc1c(I)cc(/C=C2\N=C(c3cccc(F)c3)OC2=O)cc1I. The van der Waals surface area contributed by atoms with Crippen LogP contribution in [0, 0.1) is 19.9 Å². The first-order chi connectivity index (χ1) is 14.9. The van der Waals surface area contributed by atoms with E-state index in [4.69, 9.17) is 9.47 Å². The summed E-state index contributed by atoms with van der Waals surface area (Å²) in [6.45, 7) is 2.54. The Labute approximate surface area is 206 Å². The molecule has 0 radical (unpaired) electrons. The minimum atomic E-state index is -0.566. The molecule has 1 aliphatic heterocycles. The highest BCUT2D eigenvalue weighted by Gasteiger charge is 2.24. The molecule has 0 spiro atoms. The number of benzene rings is 3. The molecule has 0 saturated heterocycles. The first kappa shape index (κ1) is 21.9. The van der Waals surface area contributed by atoms with Gasteiger partial charge in [0.2, 0.25) is 5.90 Å². The highest BCUT2D eigenvalue weighted by Crippen LogP contribution is 2.31. The van der Waals surface area contributed by atoms with Crippen LogP contribution in [0.15, 0.2) is 71.4 Å². The van der Waals surface area contributed by atoms with Gasteiger partial charge in [-0.3, -0.25) is 0 Å². The molecule has 31 heavy (non-hydrogen) atoms. The van der Waals surface area contributed by atoms with Crippen molar-refractivity contribution in [1.29, 1.82) is 0 Å². The molecule has 1 heterocycles. The fraction of sp³-hybridized carbons (Fsp3) is 0.0833. The summed E-state index contributed by atoms with van der Waals surface area (Å²) in [5.74, 6) is -0.0916. The van der Waals surface area contributed by atoms with Gasteiger partial charge in [-0.25, -0.2) is 14.2 Å². The first-order valence-corrected chi connectivity index (χ1v) is 11.5. The normalized spacial score (nSPS) is 14.5. The van der Waals surface area contributed by atoms with E-state index < -0.39 is 11.8 Å². The molecule has 156 valence electrons. The number of esters is 1. The number of carbonyl (C=O) groups is 1. The highest BCUT2D eigenvalue weighted by molar-refractivity contribution is 14.1. The Kier molecular flexibility index (Phi) is 6.71. The smallest absolute Gasteiger partial charge is 0.363 e. The second-order valence-corrected chi connectivity index (χ2v) is 9.20. The summed E-state index contributed by atoms with van der Waals surface area (Å²) in [7, 11) is 0. The summed E-state index contributed by atoms with van der Waals surface area (Å²) < 4.78 is 26.6. The van der Waals surface area contributed by atoms with E-state index in [0.29, 0.717) is 12.2 Å². The summed E-state index contributed by atoms with van der Waals surface area (Å²) in [5, 5.41) is 0. The Morgan fingerprint density at radius 3 is 2.52 bits per heavy atom. The summed E-state index contributed by atoms with van der Waals surface area (Å²) in [4.78, 5) is 16.5. The highest BCUT2D eigenvalue weighted by atomic mass is 127. The lowest BCUT2D eigenvalue weighted by Crippen LogP contribution is -2.05. The predicted octanol–water partition coefficient (Wildman–Crippen LogP) is 6.27. The summed E-state index contributed by atoms with van der Waals surface area (Å²) >= 11 is 4.44. The van der Waals surface area contributed by atoms with E-state index in [1.54, 1.807) is 18.2 Å². The van der Waals surface area contributed by atoms with Gasteiger partial charge in [0.05, 0.1) is 7.14 Å². The molecular weight excluding hydrogens is 623 g/mol. The lowest BCUT2D eigenvalue weighted by Gasteiger charge is -2.13. The Hall–Kier alpha value is -2.27. The van der Waals surface area contributed by atoms with Crippen LogP contribution in [0.25, 0.3) is 6.08 Å². The number of hydrogen-bond donors (Lipinski definition) is 0. The zero-order valence-electron chi connectivity index (χ0n) is 16.4. The second-order valence-electron chi connectivity index (χ2n) is 6.88. The summed E-state index contributed by atoms with van der Waals surface area (Å²) in [6.07, 6.45) is 1.66. The maximum absolute atomic E-state index is 13.5. The van der Waals surface area contributed by atoms with Gasteiger partial charge in [-0.1, -0.05) is 30.3 Å². The van der Waals surface area contributed by atoms with Crippen molar-refractivity contribution < 1.29 is 18.7 Å². The first-order valence-electron chi connectivity index (χ1n) is 9.35. The molecule has 0 saturated carbocycles. The van der Waals surface area contributed by atoms with E-state index >= 15 is 0 Å². The van der Waals surface area contributed by atoms with Crippen molar-refractivity contribution in [2.24, 2.45) is 4.99 Å². The second kappa shape index (κ2) is 9.47. The molecule has 0 amide bonds. The van der Waals surface area contributed by atoms with Crippen molar-refractivity contribution in [3.05, 3.63) is 102 Å². The number of rotatable bonds is 5. The Morgan fingerprint density at radius 1 is 1.06 bits per heavy atom. The van der Waals surface area contributed by atoms with Crippen LogP contribution < -0.4 is 4.74 Å². The molecule has 7 heteroatoms. The van der Waals surface area contributed by atoms with Crippen LogP contribution in [-0.4, -0.2) is 11.9 Å². The number of carbonyl (C=O) groups excluding carboxylic acids is 1. The molecular formula is C24H16FI2NO3. The minimum Gasteiger partial charge on any atom is -0.487 e. The number of aryl methyl sites for hydroxylation is 1. The average molecular weight is 639 g/mol. The van der Waals surface area contributed by atoms with Gasteiger partial charge in [0.1, 0.15) is 18.2 Å². The van der Waals surface area contributed by atoms with Crippen molar-refractivity contribution in [1.82, 2.24) is 0 Å². The van der Waals surface area contributed by atoms with Crippen molar-refractivity contribution in [3.63, 3.8) is 0 Å². The van der Waals surface area contributed by atoms with Crippen LogP contribution in [0.2, 0.25) is 0 Å². The molecule has 0 atom stereocenters. The Balaban J connectivity index is 1.57. The third-order valence-electron chi connectivity index (χ3n) is 4.65. The number of aliphatic imine (C=N–C) groups is 1. The van der Waals surface area contributed by atoms with Crippen molar-refractivity contribution in [2.75, 3.05) is 0 Å². The Morgan fingerprint density at radius 2 is 1.81 bits per heavy atom. The van der Waals surface area contributed by atoms with Crippen LogP contribution >= 0.6 is 45.2 Å². The van der Waals surface area contributed by atoms with Crippen molar-refractivity contribution >= 4 is 63.1 Å². The van der Waals surface area contributed by atoms with Crippen LogP contribution in [0.5, 0.6) is 5.75 Å². The van der Waals surface area contributed by atoms with Crippen LogP contribution in [0.1, 0.15) is 22.3 Å². The monoisotopic (exact) mass is 639 g/mol. The summed E-state index contributed by atoms with van der Waals surface area (Å²) in [6, 6.07) is 17.7. The van der Waals surface area contributed by atoms with Gasteiger partial charge in [-0.2, -0.15) is 0 Å². The van der Waals surface area contributed by atoms with E-state index in [1.807, 2.05) is 30.3 Å². The largest absolute Gasteiger partial charge is 0.487 e. The molecule has 0 bridgehead atoms. The van der Waals surface area contributed by atoms with Gasteiger partial charge < -0.3 is 9.47 Å². The Bertz CT molecular complexity index is 1210. The van der Waals surface area contributed by atoms with Crippen LogP contribution in [0.4, 0.5) is 4.39 Å². The van der Waals surface area contributed by atoms with Gasteiger partial charge in [0.25, 0.3) is 0 Å². The zero-order chi connectivity index (χ0) is 22.0. The molecule has 3 aromatic rings. The standard InChI is InChI=1S/C24H16FI2NO3/c1-14-5-2-3-6-17(14)13-30-22-19(26)9-15(10-20(22)27)11-21-24(29)31-23(28-21)16-7-4-8-18(25)12-16/h2-12H,13H2,1H3/b21-11-. The van der Waals surface area contributed by atoms with Crippen molar-refractivity contribution in [2.45, 2.75) is 13.5 Å². The molecule has 0 N–H and O–H groups in total. The molecule has 0 unspecified atom stereocenters. The molecule has 0 aliphatic carbocycles. The maximum Gasteiger partial charge on any atom is 0.363 e. The number of nitrogens with zero attached hydrogens (tertiary/aromatic N) is 1. The van der Waals surface area contributed by atoms with Gasteiger partial charge in [-0.15, -0.1) is 0 Å². The number of hydrogen-bond acceptors (Lipinski definition) is 4. The number of ether oxygens (including phenoxy) is 2. The molecule has 4 nitrogen and oxygen atoms in total. The third-order valence-corrected chi connectivity index (χ3v) is 6.25. The predicted molar refractivity (Wildman–Crippen MR) is 134 cm³/mol. The lowest BCUT2D eigenvalue weighted by molar-refractivity contribution is -0.129. The number of cyclic esters (lactones) is 1. The number of halogens is 3. The third kappa shape index (κ3) is 5.15. The lowest BCUT2D eigenvalue weighted by atomic mass is 10.1. The maximum atomic E-state index is 13.5. The van der Waals surface area contributed by atoms with E-state index in [0.717, 1.165) is 24.0 Å². The fourth-order valence-corrected chi connectivity index (χ4v) is 5.16. The molecule has 4 rings (SSSR count). The zero-order valence-corrected chi connectivity index (χ0v) is 20.7. The van der Waals surface area contributed by atoms with Crippen LogP contribution in [-0.2, 0) is 16.1 Å². The summed E-state index contributed by atoms with van der Waals surface area (Å²) in [5.41, 5.74) is 3.70. The van der Waals surface area contributed by atoms with Gasteiger partial charge in [0.15, 0.2) is 5.70 Å². The molecule has 0 fully saturated rings. The van der Waals surface area contributed by atoms with E-state index in [-0.39, 0.29) is 11.6 Å². The van der Waals surface area contributed by atoms with Gasteiger partial charge in [-0.05, 0) is 105 Å². The molecule has 3 aromatic carbocycles.